The Kier molecular flexibility index (Phi) is 11.5. The van der Waals surface area contributed by atoms with E-state index < -0.39 is 10.0 Å². The number of hydrogen-bond acceptors (Lipinski definition) is 10. The van der Waals surface area contributed by atoms with Gasteiger partial charge in [0.15, 0.2) is 16.6 Å². The van der Waals surface area contributed by atoms with Crippen molar-refractivity contribution in [3.63, 3.8) is 0 Å². The van der Waals surface area contributed by atoms with E-state index in [-0.39, 0.29) is 49.5 Å². The first-order valence-electron chi connectivity index (χ1n) is 12.5. The van der Waals surface area contributed by atoms with Gasteiger partial charge < -0.3 is 23.8 Å². The quantitative estimate of drug-likeness (QED) is 0.287. The number of amides is 1. The van der Waals surface area contributed by atoms with Crippen molar-refractivity contribution in [3.05, 3.63) is 42.0 Å². The molecule has 0 bridgehead atoms. The number of hydrogen-bond donors (Lipinski definition) is 0. The van der Waals surface area contributed by atoms with Crippen LogP contribution in [0.2, 0.25) is 0 Å². The van der Waals surface area contributed by atoms with E-state index in [1.807, 2.05) is 31.1 Å². The van der Waals surface area contributed by atoms with Crippen LogP contribution in [0.15, 0.2) is 41.3 Å². The van der Waals surface area contributed by atoms with E-state index in [0.29, 0.717) is 48.5 Å². The van der Waals surface area contributed by atoms with Crippen LogP contribution in [0.1, 0.15) is 10.4 Å². The number of thiazole rings is 1. The zero-order valence-corrected chi connectivity index (χ0v) is 25.4. The molecular formula is C26H35ClN4O7S2. The fourth-order valence-corrected chi connectivity index (χ4v) is 6.37. The number of sulfonamides is 1. The van der Waals surface area contributed by atoms with Crippen LogP contribution in [0.5, 0.6) is 11.5 Å². The number of fused-ring (bicyclic) bond motifs is 2. The molecular weight excluding hydrogens is 580 g/mol. The lowest BCUT2D eigenvalue weighted by molar-refractivity contribution is 0.0985. The van der Waals surface area contributed by atoms with Gasteiger partial charge in [-0.2, -0.15) is 4.31 Å². The van der Waals surface area contributed by atoms with Crippen LogP contribution in [-0.4, -0.2) is 109 Å². The van der Waals surface area contributed by atoms with Crippen LogP contribution in [0.4, 0.5) is 5.13 Å². The zero-order chi connectivity index (χ0) is 28.0. The Morgan fingerprint density at radius 3 is 2.12 bits per heavy atom. The minimum absolute atomic E-state index is 0. The van der Waals surface area contributed by atoms with Crippen molar-refractivity contribution in [3.8, 4) is 11.5 Å². The van der Waals surface area contributed by atoms with E-state index in [9.17, 15) is 13.2 Å². The highest BCUT2D eigenvalue weighted by Gasteiger charge is 2.26. The number of ether oxygens (including phenoxy) is 4. The molecule has 1 amide bonds. The van der Waals surface area contributed by atoms with E-state index in [2.05, 4.69) is 0 Å². The van der Waals surface area contributed by atoms with Crippen molar-refractivity contribution in [2.75, 3.05) is 85.8 Å². The molecule has 4 rings (SSSR count). The molecule has 0 saturated carbocycles. The van der Waals surface area contributed by atoms with Gasteiger partial charge in [-0.1, -0.05) is 11.3 Å². The average Bonchev–Trinajstić information content (AvgIpc) is 3.33. The Hall–Kier alpha value is -2.52. The Balaban J connectivity index is 0.00000441. The first-order valence-corrected chi connectivity index (χ1v) is 14.7. The Morgan fingerprint density at radius 2 is 1.55 bits per heavy atom. The smallest absolute Gasteiger partial charge is 0.260 e. The number of anilines is 1. The number of likely N-dealkylation sites (N-methyl/N-ethyl adjacent to an activating group) is 1. The number of rotatable bonds is 13. The molecule has 14 heteroatoms. The van der Waals surface area contributed by atoms with Gasteiger partial charge in [0.2, 0.25) is 10.0 Å². The maximum absolute atomic E-state index is 13.7. The third-order valence-corrected chi connectivity index (χ3v) is 9.07. The molecule has 40 heavy (non-hydrogen) atoms. The Bertz CT molecular complexity index is 1330. The lowest BCUT2D eigenvalue weighted by Crippen LogP contribution is -2.37. The van der Waals surface area contributed by atoms with Crippen molar-refractivity contribution >= 4 is 55.0 Å². The molecule has 2 heterocycles. The van der Waals surface area contributed by atoms with Crippen molar-refractivity contribution in [2.45, 2.75) is 4.90 Å². The summed E-state index contributed by atoms with van der Waals surface area (Å²) in [6.45, 7) is 2.88. The van der Waals surface area contributed by atoms with E-state index in [1.54, 1.807) is 4.90 Å². The summed E-state index contributed by atoms with van der Waals surface area (Å²) in [6.07, 6.45) is 0. The van der Waals surface area contributed by atoms with Crippen LogP contribution < -0.4 is 14.4 Å². The second-order valence-electron chi connectivity index (χ2n) is 9.13. The summed E-state index contributed by atoms with van der Waals surface area (Å²) in [5.41, 5.74) is 1.08. The van der Waals surface area contributed by atoms with Gasteiger partial charge in [0, 0.05) is 58.1 Å². The van der Waals surface area contributed by atoms with Gasteiger partial charge in [-0.25, -0.2) is 13.4 Å². The summed E-state index contributed by atoms with van der Waals surface area (Å²) >= 11 is 1.39. The highest BCUT2D eigenvalue weighted by Crippen LogP contribution is 2.39. The highest BCUT2D eigenvalue weighted by atomic mass is 35.5. The van der Waals surface area contributed by atoms with Crippen molar-refractivity contribution in [2.24, 2.45) is 0 Å². The topological polar surface area (TPSA) is 111 Å². The van der Waals surface area contributed by atoms with Gasteiger partial charge in [-0.3, -0.25) is 9.69 Å². The number of benzene rings is 2. The van der Waals surface area contributed by atoms with Gasteiger partial charge in [0.1, 0.15) is 13.2 Å². The summed E-state index contributed by atoms with van der Waals surface area (Å²) in [4.78, 5) is 22.1. The van der Waals surface area contributed by atoms with E-state index in [4.69, 9.17) is 23.9 Å². The second kappa shape index (κ2) is 14.4. The van der Waals surface area contributed by atoms with Crippen molar-refractivity contribution in [1.29, 1.82) is 0 Å². The van der Waals surface area contributed by atoms with Gasteiger partial charge in [-0.15, -0.1) is 12.4 Å². The van der Waals surface area contributed by atoms with Gasteiger partial charge >= 0.3 is 0 Å². The number of methoxy groups -OCH3 is 2. The van der Waals surface area contributed by atoms with Crippen LogP contribution in [0.3, 0.4) is 0 Å². The number of carbonyl (C=O) groups is 1. The summed E-state index contributed by atoms with van der Waals surface area (Å²) in [5.74, 6) is 1.03. The average molecular weight is 615 g/mol. The minimum Gasteiger partial charge on any atom is -0.486 e. The first kappa shape index (κ1) is 32.0. The van der Waals surface area contributed by atoms with Crippen LogP contribution in [-0.2, 0) is 19.5 Å². The number of carbonyl (C=O) groups excluding carboxylic acids is 1. The molecule has 3 aromatic rings. The van der Waals surface area contributed by atoms with E-state index in [0.717, 1.165) is 10.2 Å². The number of halogens is 1. The number of nitrogens with zero attached hydrogens (tertiary/aromatic N) is 4. The maximum Gasteiger partial charge on any atom is 0.260 e. The SMILES string of the molecule is COCCN(CCOC)S(=O)(=O)c1ccc(C(=O)N(CCN(C)C)c2nc3cc4c(cc3s2)OCCO4)cc1.Cl. The van der Waals surface area contributed by atoms with Crippen LogP contribution in [0, 0.1) is 0 Å². The number of aromatic nitrogens is 1. The fourth-order valence-electron chi connectivity index (χ4n) is 3.97. The van der Waals surface area contributed by atoms with Crippen molar-refractivity contribution in [1.82, 2.24) is 14.2 Å². The van der Waals surface area contributed by atoms with E-state index in [1.165, 1.54) is 54.1 Å². The molecule has 0 atom stereocenters. The fraction of sp³-hybridized carbons (Fsp3) is 0.462. The zero-order valence-electron chi connectivity index (χ0n) is 23.0. The van der Waals surface area contributed by atoms with Crippen LogP contribution >= 0.6 is 23.7 Å². The standard InChI is InChI=1S/C26H34N4O7S2.ClH/c1-28(2)9-10-30(26-27-21-17-22-23(18-24(21)38-26)37-16-15-36-22)25(31)19-5-7-20(8-6-19)39(32,33)29(11-13-34-3)12-14-35-4;/h5-8,17-18H,9-16H2,1-4H3;1H. The minimum atomic E-state index is -3.80. The van der Waals surface area contributed by atoms with E-state index >= 15 is 0 Å². The summed E-state index contributed by atoms with van der Waals surface area (Å²) in [5, 5.41) is 0.543. The molecule has 1 aliphatic rings. The molecule has 0 N–H and O–H groups in total. The summed E-state index contributed by atoms with van der Waals surface area (Å²) in [6, 6.07) is 9.71. The Labute approximate surface area is 245 Å². The molecule has 0 unspecified atom stereocenters. The molecule has 0 fully saturated rings. The molecule has 0 aliphatic carbocycles. The highest BCUT2D eigenvalue weighted by molar-refractivity contribution is 7.89. The molecule has 1 aromatic heterocycles. The van der Waals surface area contributed by atoms with Gasteiger partial charge in [0.25, 0.3) is 5.91 Å². The monoisotopic (exact) mass is 614 g/mol. The first-order chi connectivity index (χ1) is 18.7. The molecule has 11 nitrogen and oxygen atoms in total. The third kappa shape index (κ3) is 7.40. The largest absolute Gasteiger partial charge is 0.486 e. The maximum atomic E-state index is 13.7. The molecule has 220 valence electrons. The van der Waals surface area contributed by atoms with Gasteiger partial charge in [0.05, 0.1) is 28.3 Å². The predicted octanol–water partition coefficient (Wildman–Crippen LogP) is 2.98. The lowest BCUT2D eigenvalue weighted by atomic mass is 10.2. The summed E-state index contributed by atoms with van der Waals surface area (Å²) < 4.78 is 50.2. The molecule has 2 aromatic carbocycles. The van der Waals surface area contributed by atoms with Crippen molar-refractivity contribution < 1.29 is 32.2 Å². The van der Waals surface area contributed by atoms with Crippen LogP contribution in [0.25, 0.3) is 10.2 Å². The van der Waals surface area contributed by atoms with Gasteiger partial charge in [-0.05, 0) is 38.4 Å². The predicted molar refractivity (Wildman–Crippen MR) is 157 cm³/mol. The second-order valence-corrected chi connectivity index (χ2v) is 12.1. The summed E-state index contributed by atoms with van der Waals surface area (Å²) in [7, 11) is 3.10. The lowest BCUT2D eigenvalue weighted by Gasteiger charge is -2.23. The molecule has 0 spiro atoms. The third-order valence-electron chi connectivity index (χ3n) is 6.12. The molecule has 0 radical (unpaired) electrons. The molecule has 1 aliphatic heterocycles. The molecule has 0 saturated heterocycles. The Morgan fingerprint density at radius 1 is 0.950 bits per heavy atom. The normalized spacial score (nSPS) is 13.1.